The zero-order valence-electron chi connectivity index (χ0n) is 11.8. The van der Waals surface area contributed by atoms with Crippen molar-refractivity contribution in [2.24, 2.45) is 17.8 Å². The van der Waals surface area contributed by atoms with Gasteiger partial charge < -0.3 is 5.11 Å². The molecule has 100 valence electrons. The highest BCUT2D eigenvalue weighted by Crippen LogP contribution is 2.39. The predicted molar refractivity (Wildman–Crippen MR) is 74.2 cm³/mol. The zero-order chi connectivity index (χ0) is 13.1. The summed E-state index contributed by atoms with van der Waals surface area (Å²) < 4.78 is 0. The fourth-order valence-electron chi connectivity index (χ4n) is 3.05. The standard InChI is InChI=1S/C16H25NO/c1-11(2)13-6-8-14(9-7-13)16(18)15-5-4-12(3)17-10-15/h4-5,10-11,13-14,16,18H,6-9H2,1-3H3. The van der Waals surface area contributed by atoms with Crippen LogP contribution in [0.15, 0.2) is 18.3 Å². The Morgan fingerprint density at radius 1 is 1.11 bits per heavy atom. The smallest absolute Gasteiger partial charge is 0.0833 e. The van der Waals surface area contributed by atoms with Crippen molar-refractivity contribution in [1.82, 2.24) is 4.98 Å². The van der Waals surface area contributed by atoms with Crippen LogP contribution in [-0.2, 0) is 0 Å². The van der Waals surface area contributed by atoms with Crippen LogP contribution < -0.4 is 0 Å². The number of rotatable bonds is 3. The third-order valence-electron chi connectivity index (χ3n) is 4.48. The maximum Gasteiger partial charge on any atom is 0.0833 e. The molecule has 0 saturated heterocycles. The molecule has 1 saturated carbocycles. The second-order valence-electron chi connectivity index (χ2n) is 6.10. The van der Waals surface area contributed by atoms with Gasteiger partial charge in [0, 0.05) is 11.9 Å². The Morgan fingerprint density at radius 2 is 1.72 bits per heavy atom. The summed E-state index contributed by atoms with van der Waals surface area (Å²) in [4.78, 5) is 4.28. The number of aliphatic hydroxyl groups excluding tert-OH is 1. The predicted octanol–water partition coefficient (Wildman–Crippen LogP) is 3.89. The summed E-state index contributed by atoms with van der Waals surface area (Å²) in [6, 6.07) is 4.00. The second kappa shape index (κ2) is 5.83. The van der Waals surface area contributed by atoms with E-state index in [1.807, 2.05) is 25.3 Å². The van der Waals surface area contributed by atoms with Gasteiger partial charge in [0.05, 0.1) is 6.10 Å². The number of aryl methyl sites for hydroxylation is 1. The van der Waals surface area contributed by atoms with Gasteiger partial charge in [-0.25, -0.2) is 0 Å². The molecule has 1 aromatic rings. The van der Waals surface area contributed by atoms with Crippen LogP contribution in [0.1, 0.15) is 56.9 Å². The molecule has 1 heterocycles. The van der Waals surface area contributed by atoms with E-state index in [4.69, 9.17) is 0 Å². The van der Waals surface area contributed by atoms with E-state index in [9.17, 15) is 5.11 Å². The average Bonchev–Trinajstić information content (AvgIpc) is 2.39. The molecule has 1 aromatic heterocycles. The molecule has 0 aromatic carbocycles. The van der Waals surface area contributed by atoms with Gasteiger partial charge in [0.15, 0.2) is 0 Å². The molecule has 0 aliphatic heterocycles. The molecule has 18 heavy (non-hydrogen) atoms. The molecule has 1 fully saturated rings. The third-order valence-corrected chi connectivity index (χ3v) is 4.48. The number of pyridine rings is 1. The van der Waals surface area contributed by atoms with Gasteiger partial charge >= 0.3 is 0 Å². The molecule has 0 bridgehead atoms. The largest absolute Gasteiger partial charge is 0.388 e. The Morgan fingerprint density at radius 3 is 2.22 bits per heavy atom. The van der Waals surface area contributed by atoms with E-state index in [0.29, 0.717) is 5.92 Å². The lowest BCUT2D eigenvalue weighted by atomic mass is 9.74. The summed E-state index contributed by atoms with van der Waals surface area (Å²) in [5, 5.41) is 10.4. The minimum Gasteiger partial charge on any atom is -0.388 e. The molecule has 1 aliphatic rings. The topological polar surface area (TPSA) is 33.1 Å². The van der Waals surface area contributed by atoms with Crippen molar-refractivity contribution in [3.63, 3.8) is 0 Å². The Labute approximate surface area is 110 Å². The first-order valence-electron chi connectivity index (χ1n) is 7.18. The van der Waals surface area contributed by atoms with Crippen LogP contribution in [0.5, 0.6) is 0 Å². The first-order chi connectivity index (χ1) is 8.58. The van der Waals surface area contributed by atoms with Gasteiger partial charge in [-0.3, -0.25) is 4.98 Å². The summed E-state index contributed by atoms with van der Waals surface area (Å²) in [5.74, 6) is 2.05. The molecule has 0 radical (unpaired) electrons. The summed E-state index contributed by atoms with van der Waals surface area (Å²) in [6.45, 7) is 6.60. The Hall–Kier alpha value is -0.890. The van der Waals surface area contributed by atoms with Crippen LogP contribution in [0.2, 0.25) is 0 Å². The highest BCUT2D eigenvalue weighted by molar-refractivity contribution is 5.16. The fourth-order valence-corrected chi connectivity index (χ4v) is 3.05. The lowest BCUT2D eigenvalue weighted by molar-refractivity contribution is 0.0665. The van der Waals surface area contributed by atoms with Gasteiger partial charge in [-0.2, -0.15) is 0 Å². The number of nitrogens with zero attached hydrogens (tertiary/aromatic N) is 1. The fraction of sp³-hybridized carbons (Fsp3) is 0.688. The average molecular weight is 247 g/mol. The number of aliphatic hydroxyl groups is 1. The molecule has 0 spiro atoms. The zero-order valence-corrected chi connectivity index (χ0v) is 11.8. The molecule has 2 heteroatoms. The van der Waals surface area contributed by atoms with Gasteiger partial charge in [-0.05, 0) is 62.0 Å². The third kappa shape index (κ3) is 3.11. The van der Waals surface area contributed by atoms with Crippen LogP contribution in [0.25, 0.3) is 0 Å². The Kier molecular flexibility index (Phi) is 4.39. The van der Waals surface area contributed by atoms with E-state index in [0.717, 1.165) is 35.9 Å². The van der Waals surface area contributed by atoms with E-state index in [1.54, 1.807) is 0 Å². The van der Waals surface area contributed by atoms with Crippen molar-refractivity contribution >= 4 is 0 Å². The second-order valence-corrected chi connectivity index (χ2v) is 6.10. The SMILES string of the molecule is Cc1ccc(C(O)C2CCC(C(C)C)CC2)cn1. The lowest BCUT2D eigenvalue weighted by Crippen LogP contribution is -2.23. The maximum atomic E-state index is 10.4. The molecular weight excluding hydrogens is 222 g/mol. The van der Waals surface area contributed by atoms with Crippen LogP contribution >= 0.6 is 0 Å². The van der Waals surface area contributed by atoms with Gasteiger partial charge in [-0.1, -0.05) is 19.9 Å². The van der Waals surface area contributed by atoms with E-state index in [2.05, 4.69) is 18.8 Å². The molecule has 1 N–H and O–H groups in total. The molecule has 1 aliphatic carbocycles. The summed E-state index contributed by atoms with van der Waals surface area (Å²) in [5.41, 5.74) is 1.99. The minimum absolute atomic E-state index is 0.328. The van der Waals surface area contributed by atoms with Crippen LogP contribution in [0.4, 0.5) is 0 Å². The minimum atomic E-state index is -0.328. The quantitative estimate of drug-likeness (QED) is 0.879. The first-order valence-corrected chi connectivity index (χ1v) is 7.18. The lowest BCUT2D eigenvalue weighted by Gasteiger charge is -2.33. The van der Waals surface area contributed by atoms with Gasteiger partial charge in [-0.15, -0.1) is 0 Å². The summed E-state index contributed by atoms with van der Waals surface area (Å²) in [7, 11) is 0. The molecule has 2 nitrogen and oxygen atoms in total. The molecule has 0 amide bonds. The van der Waals surface area contributed by atoms with E-state index >= 15 is 0 Å². The van der Waals surface area contributed by atoms with Crippen LogP contribution in [0.3, 0.4) is 0 Å². The van der Waals surface area contributed by atoms with Gasteiger partial charge in [0.25, 0.3) is 0 Å². The highest BCUT2D eigenvalue weighted by Gasteiger charge is 2.28. The Bertz CT molecular complexity index is 363. The monoisotopic (exact) mass is 247 g/mol. The molecule has 1 unspecified atom stereocenters. The van der Waals surface area contributed by atoms with Crippen molar-refractivity contribution in [3.05, 3.63) is 29.6 Å². The summed E-state index contributed by atoms with van der Waals surface area (Å²) in [6.07, 6.45) is 6.33. The van der Waals surface area contributed by atoms with E-state index in [1.165, 1.54) is 12.8 Å². The maximum absolute atomic E-state index is 10.4. The molecule has 2 rings (SSSR count). The van der Waals surface area contributed by atoms with Crippen LogP contribution in [-0.4, -0.2) is 10.1 Å². The number of hydrogen-bond donors (Lipinski definition) is 1. The van der Waals surface area contributed by atoms with Crippen molar-refractivity contribution in [2.45, 2.75) is 52.6 Å². The summed E-state index contributed by atoms with van der Waals surface area (Å²) >= 11 is 0. The molecule has 1 atom stereocenters. The van der Waals surface area contributed by atoms with E-state index in [-0.39, 0.29) is 6.10 Å². The van der Waals surface area contributed by atoms with Crippen LogP contribution in [0, 0.1) is 24.7 Å². The van der Waals surface area contributed by atoms with Crippen molar-refractivity contribution in [3.8, 4) is 0 Å². The van der Waals surface area contributed by atoms with Gasteiger partial charge in [0.1, 0.15) is 0 Å². The van der Waals surface area contributed by atoms with Gasteiger partial charge in [0.2, 0.25) is 0 Å². The normalized spacial score (nSPS) is 26.3. The van der Waals surface area contributed by atoms with Crippen molar-refractivity contribution in [1.29, 1.82) is 0 Å². The Balaban J connectivity index is 1.95. The van der Waals surface area contributed by atoms with E-state index < -0.39 is 0 Å². The highest BCUT2D eigenvalue weighted by atomic mass is 16.3. The first kappa shape index (κ1) is 13.5. The van der Waals surface area contributed by atoms with Crippen molar-refractivity contribution < 1.29 is 5.11 Å². The number of aromatic nitrogens is 1. The van der Waals surface area contributed by atoms with Crippen molar-refractivity contribution in [2.75, 3.05) is 0 Å². The number of hydrogen-bond acceptors (Lipinski definition) is 2. The molecular formula is C16H25NO.